The van der Waals surface area contributed by atoms with Crippen LogP contribution in [0.1, 0.15) is 19.3 Å². The van der Waals surface area contributed by atoms with Gasteiger partial charge in [-0.05, 0) is 88.7 Å². The molecule has 0 amide bonds. The summed E-state index contributed by atoms with van der Waals surface area (Å²) in [6.45, 7) is 0. The first-order chi connectivity index (χ1) is 13.9. The summed E-state index contributed by atoms with van der Waals surface area (Å²) in [6, 6.07) is 21.8. The molecule has 0 saturated heterocycles. The van der Waals surface area contributed by atoms with E-state index in [0.717, 1.165) is 12.8 Å². The van der Waals surface area contributed by atoms with Gasteiger partial charge in [0.25, 0.3) is 0 Å². The third-order valence-electron chi connectivity index (χ3n) is 4.96. The molecular formula is C27H25FeP+2. The van der Waals surface area contributed by atoms with Gasteiger partial charge in [-0.2, -0.15) is 0 Å². The Hall–Kier alpha value is -0.871. The first-order valence-corrected chi connectivity index (χ1v) is 11.3. The average molecular weight is 436 g/mol. The molecule has 4 rings (SSSR count). The fourth-order valence-electron chi connectivity index (χ4n) is 3.57. The van der Waals surface area contributed by atoms with E-state index in [1.165, 1.54) is 34.5 Å². The number of hydrogen-bond donors (Lipinski definition) is 0. The van der Waals surface area contributed by atoms with Crippen LogP contribution in [0.5, 0.6) is 0 Å². The average Bonchev–Trinajstić information content (AvgIpc) is 3.42. The summed E-state index contributed by atoms with van der Waals surface area (Å²) in [7, 11) is -0.535. The van der Waals surface area contributed by atoms with E-state index in [4.69, 9.17) is 0 Å². The Balaban J connectivity index is 0.00000240. The molecule has 2 heteroatoms. The fourth-order valence-corrected chi connectivity index (χ4v) is 6.00. The quantitative estimate of drug-likeness (QED) is 0.271. The van der Waals surface area contributed by atoms with Crippen LogP contribution in [0.3, 0.4) is 0 Å². The molecule has 0 heterocycles. The summed E-state index contributed by atoms with van der Waals surface area (Å²) in [5, 5.41) is 2.81. The van der Waals surface area contributed by atoms with Crippen LogP contribution in [0.2, 0.25) is 0 Å². The van der Waals surface area contributed by atoms with Gasteiger partial charge in [-0.15, -0.1) is 0 Å². The van der Waals surface area contributed by atoms with E-state index in [1.54, 1.807) is 0 Å². The Morgan fingerprint density at radius 3 is 1.93 bits per heavy atom. The summed E-state index contributed by atoms with van der Waals surface area (Å²) < 4.78 is 0. The third kappa shape index (κ3) is 6.30. The predicted octanol–water partition coefficient (Wildman–Crippen LogP) is 5.98. The predicted molar refractivity (Wildman–Crippen MR) is 122 cm³/mol. The summed E-state index contributed by atoms with van der Waals surface area (Å²) >= 11 is 0. The van der Waals surface area contributed by atoms with Gasteiger partial charge in [-0.25, -0.2) is 0 Å². The first-order valence-electron chi connectivity index (χ1n) is 9.95. The van der Waals surface area contributed by atoms with Gasteiger partial charge in [0, 0.05) is 11.6 Å². The molecular weight excluding hydrogens is 411 g/mol. The van der Waals surface area contributed by atoms with Crippen LogP contribution in [0.25, 0.3) is 0 Å². The number of rotatable bonds is 8. The van der Waals surface area contributed by atoms with Crippen molar-refractivity contribution in [3.8, 4) is 0 Å². The van der Waals surface area contributed by atoms with E-state index >= 15 is 0 Å². The number of unbranched alkanes of at least 4 members (excludes halogenated alkanes) is 1. The van der Waals surface area contributed by atoms with Crippen LogP contribution in [0.15, 0.2) is 72.8 Å². The minimum Gasteiger partial charge on any atom is -0.0879 e. The van der Waals surface area contributed by atoms with Gasteiger partial charge in [-0.3, -0.25) is 0 Å². The first kappa shape index (κ1) is 22.8. The van der Waals surface area contributed by atoms with Crippen molar-refractivity contribution < 1.29 is 17.1 Å². The maximum Gasteiger partial charge on any atom is 2.00 e. The maximum atomic E-state index is 2.34. The Bertz CT molecular complexity index is 681. The van der Waals surface area contributed by atoms with Crippen molar-refractivity contribution in [2.24, 2.45) is 0 Å². The van der Waals surface area contributed by atoms with Crippen molar-refractivity contribution in [3.05, 3.63) is 135 Å². The largest absolute Gasteiger partial charge is 2.00 e. The number of benzene rings is 2. The molecule has 0 nitrogen and oxygen atoms in total. The van der Waals surface area contributed by atoms with Crippen LogP contribution in [-0.4, -0.2) is 0 Å². The summed E-state index contributed by atoms with van der Waals surface area (Å²) in [5.74, 6) is 2.80. The summed E-state index contributed by atoms with van der Waals surface area (Å²) in [6.07, 6.45) is 23.6. The number of hydrogen-bond acceptors (Lipinski definition) is 0. The molecule has 0 atom stereocenters. The van der Waals surface area contributed by atoms with Crippen molar-refractivity contribution in [2.75, 3.05) is 0 Å². The Morgan fingerprint density at radius 2 is 1.31 bits per heavy atom. The van der Waals surface area contributed by atoms with Gasteiger partial charge < -0.3 is 0 Å². The van der Waals surface area contributed by atoms with E-state index in [-0.39, 0.29) is 17.1 Å². The molecule has 0 N–H and O–H groups in total. The molecule has 10 radical (unpaired) electrons. The fraction of sp³-hybridized carbons (Fsp3) is 0.111. The zero-order valence-electron chi connectivity index (χ0n) is 16.4. The molecule has 0 unspecified atom stereocenters. The molecule has 0 spiro atoms. The monoisotopic (exact) mass is 436 g/mol. The Morgan fingerprint density at radius 1 is 0.690 bits per heavy atom. The molecule has 2 aliphatic rings. The van der Waals surface area contributed by atoms with E-state index in [9.17, 15) is 0 Å². The minimum atomic E-state index is -0.535. The molecule has 144 valence electrons. The van der Waals surface area contributed by atoms with E-state index in [0.29, 0.717) is 0 Å². The summed E-state index contributed by atoms with van der Waals surface area (Å²) in [5.41, 5.74) is 1.44. The van der Waals surface area contributed by atoms with E-state index in [2.05, 4.69) is 118 Å². The van der Waals surface area contributed by atoms with Crippen LogP contribution in [-0.2, 0) is 17.1 Å². The topological polar surface area (TPSA) is 0 Å². The van der Waals surface area contributed by atoms with Gasteiger partial charge in [0.15, 0.2) is 0 Å². The molecule has 2 aromatic rings. The molecule has 2 saturated carbocycles. The van der Waals surface area contributed by atoms with Gasteiger partial charge in [0.05, 0.1) is 0 Å². The molecule has 2 fully saturated rings. The molecule has 0 aliphatic heterocycles. The number of allylic oxidation sites excluding steroid dienone is 2. The Labute approximate surface area is 189 Å². The minimum absolute atomic E-state index is 0. The van der Waals surface area contributed by atoms with Crippen molar-refractivity contribution in [3.63, 3.8) is 0 Å². The van der Waals surface area contributed by atoms with Gasteiger partial charge in [0.2, 0.25) is 0 Å². The second kappa shape index (κ2) is 12.1. The summed E-state index contributed by atoms with van der Waals surface area (Å²) in [4.78, 5) is 0. The van der Waals surface area contributed by atoms with Gasteiger partial charge in [0.1, 0.15) is 0 Å². The smallest absolute Gasteiger partial charge is 0.0879 e. The zero-order chi connectivity index (χ0) is 19.0. The third-order valence-corrected chi connectivity index (χ3v) is 7.48. The van der Waals surface area contributed by atoms with Crippen LogP contribution < -0.4 is 10.6 Å². The second-order valence-corrected chi connectivity index (χ2v) is 9.15. The van der Waals surface area contributed by atoms with Crippen LogP contribution in [0, 0.1) is 62.4 Å². The normalized spacial score (nSPS) is 18.7. The molecule has 0 bridgehead atoms. The van der Waals surface area contributed by atoms with E-state index < -0.39 is 7.92 Å². The van der Waals surface area contributed by atoms with Gasteiger partial charge in [-0.1, -0.05) is 72.8 Å². The molecule has 0 aromatic heterocycles. The standard InChI is InChI=1S/C27H25P.Fe/c1(4-13-23-14-10-11-15-23)5-16-24-17-12-22-27(24)28(25-18-6-2-7-19-25)26-20-8-3-9-21-26;/h2-3,5-12,14-22H,1,4,13H2;/q;+2/b16-5-;. The van der Waals surface area contributed by atoms with Crippen molar-refractivity contribution in [1.82, 2.24) is 0 Å². The molecule has 2 aliphatic carbocycles. The molecule has 29 heavy (non-hydrogen) atoms. The molecule has 2 aromatic carbocycles. The van der Waals surface area contributed by atoms with Gasteiger partial charge >= 0.3 is 17.1 Å². The van der Waals surface area contributed by atoms with Crippen molar-refractivity contribution >= 4 is 18.5 Å². The van der Waals surface area contributed by atoms with Crippen LogP contribution in [0.4, 0.5) is 0 Å². The second-order valence-electron chi connectivity index (χ2n) is 6.96. The van der Waals surface area contributed by atoms with Crippen LogP contribution >= 0.6 is 7.92 Å². The van der Waals surface area contributed by atoms with Crippen molar-refractivity contribution in [2.45, 2.75) is 19.3 Å². The Kier molecular flexibility index (Phi) is 9.51. The maximum absolute atomic E-state index is 2.34. The van der Waals surface area contributed by atoms with Crippen molar-refractivity contribution in [1.29, 1.82) is 0 Å². The van der Waals surface area contributed by atoms with E-state index in [1.807, 2.05) is 0 Å². The SMILES string of the molecule is [CH]1[CH][CH][C](CCC/C=C\[C]2[CH][CH][CH][C]2P(c2ccccc2)c2ccccc2)[CH]1.[Fe+2]. The zero-order valence-corrected chi connectivity index (χ0v) is 18.4.